The van der Waals surface area contributed by atoms with Crippen LogP contribution in [0, 0.1) is 0 Å². The maximum absolute atomic E-state index is 12.6. The number of benzene rings is 1. The summed E-state index contributed by atoms with van der Waals surface area (Å²) >= 11 is 0.697. The molecule has 0 aliphatic heterocycles. The zero-order chi connectivity index (χ0) is 16.0. The van der Waals surface area contributed by atoms with Gasteiger partial charge in [-0.25, -0.2) is 4.98 Å². The molecule has 0 saturated heterocycles. The zero-order valence-corrected chi connectivity index (χ0v) is 14.1. The smallest absolute Gasteiger partial charge is 0.329 e. The molecule has 0 spiro atoms. The first kappa shape index (κ1) is 19.9. The van der Waals surface area contributed by atoms with Gasteiger partial charge in [-0.3, -0.25) is 4.90 Å². The molecular weight excluding hydrogens is 347 g/mol. The van der Waals surface area contributed by atoms with Crippen molar-refractivity contribution in [2.45, 2.75) is 19.1 Å². The van der Waals surface area contributed by atoms with Gasteiger partial charge in [-0.05, 0) is 12.0 Å². The Balaban J connectivity index is 0.00000264. The number of aromatic nitrogens is 1. The number of hydrogen-bond donors (Lipinski definition) is 1. The highest BCUT2D eigenvalue weighted by Crippen LogP contribution is 2.32. The molecule has 1 heterocycles. The molecule has 0 aliphatic carbocycles. The molecule has 2 N–H and O–H groups in total. The van der Waals surface area contributed by atoms with E-state index in [1.165, 1.54) is 11.8 Å². The second-order valence-corrected chi connectivity index (χ2v) is 6.05. The van der Waals surface area contributed by atoms with Crippen LogP contribution in [0.25, 0.3) is 0 Å². The van der Waals surface area contributed by atoms with Gasteiger partial charge in [-0.15, -0.1) is 23.7 Å². The number of halogens is 4. The molecule has 3 nitrogen and oxygen atoms in total. The van der Waals surface area contributed by atoms with Gasteiger partial charge < -0.3 is 5.73 Å². The average Bonchev–Trinajstić information content (AvgIpc) is 2.95. The quantitative estimate of drug-likeness (QED) is 0.815. The normalized spacial score (nSPS) is 11.5. The lowest BCUT2D eigenvalue weighted by Gasteiger charge is -2.20. The van der Waals surface area contributed by atoms with Gasteiger partial charge in [0, 0.05) is 37.3 Å². The molecule has 2 rings (SSSR count). The summed E-state index contributed by atoms with van der Waals surface area (Å²) in [6.45, 7) is 2.31. The molecule has 0 fully saturated rings. The fourth-order valence-corrected chi connectivity index (χ4v) is 2.94. The van der Waals surface area contributed by atoms with E-state index in [1.54, 1.807) is 0 Å². The van der Waals surface area contributed by atoms with Crippen molar-refractivity contribution in [2.24, 2.45) is 5.73 Å². The summed E-state index contributed by atoms with van der Waals surface area (Å²) in [5.74, 6) is 0. The number of alkyl halides is 3. The average molecular weight is 366 g/mol. The van der Waals surface area contributed by atoms with Crippen LogP contribution in [0.3, 0.4) is 0 Å². The fraction of sp³-hybridized carbons (Fsp3) is 0.400. The molecule has 0 bridgehead atoms. The molecule has 0 atom stereocenters. The maximum Gasteiger partial charge on any atom is 0.443 e. The Labute approximate surface area is 143 Å². The Hall–Kier alpha value is -1.15. The van der Waals surface area contributed by atoms with Crippen LogP contribution in [0.1, 0.15) is 15.4 Å². The molecule has 0 amide bonds. The second-order valence-electron chi connectivity index (χ2n) is 4.93. The van der Waals surface area contributed by atoms with Crippen molar-refractivity contribution in [3.63, 3.8) is 0 Å². The third kappa shape index (κ3) is 6.47. The lowest BCUT2D eigenvalue weighted by Crippen LogP contribution is -2.30. The Bertz CT molecular complexity index is 575. The fourth-order valence-electron chi connectivity index (χ4n) is 2.12. The molecular formula is C15H19ClF3N3S. The number of thiazole rings is 1. The maximum atomic E-state index is 12.6. The molecule has 8 heteroatoms. The lowest BCUT2D eigenvalue weighted by atomic mass is 10.1. The molecule has 1 aromatic carbocycles. The Morgan fingerprint density at radius 1 is 1.13 bits per heavy atom. The summed E-state index contributed by atoms with van der Waals surface area (Å²) in [4.78, 5) is 6.12. The third-order valence-electron chi connectivity index (χ3n) is 3.18. The third-order valence-corrected chi connectivity index (χ3v) is 4.21. The van der Waals surface area contributed by atoms with Gasteiger partial charge in [0.15, 0.2) is 5.01 Å². The van der Waals surface area contributed by atoms with Gasteiger partial charge in [0.25, 0.3) is 0 Å². The summed E-state index contributed by atoms with van der Waals surface area (Å²) in [5, 5.41) is -0.793. The van der Waals surface area contributed by atoms with Gasteiger partial charge in [-0.1, -0.05) is 30.3 Å². The van der Waals surface area contributed by atoms with E-state index in [0.717, 1.165) is 13.0 Å². The predicted molar refractivity (Wildman–Crippen MR) is 88.8 cm³/mol. The standard InChI is InChI=1S/C15H18F3N3S.ClH/c16-15(17,18)14-20-10-13(22-14)11-21(9-7-19)8-6-12-4-2-1-3-5-12;/h1-5,10H,6-9,11,19H2;1H. The first-order chi connectivity index (χ1) is 10.5. The van der Waals surface area contributed by atoms with E-state index in [-0.39, 0.29) is 12.4 Å². The minimum atomic E-state index is -4.37. The minimum Gasteiger partial charge on any atom is -0.329 e. The second kappa shape index (κ2) is 9.22. The highest BCUT2D eigenvalue weighted by Gasteiger charge is 2.34. The van der Waals surface area contributed by atoms with Crippen molar-refractivity contribution in [3.05, 3.63) is 52.0 Å². The van der Waals surface area contributed by atoms with Gasteiger partial charge in [-0.2, -0.15) is 13.2 Å². The number of hydrogen-bond acceptors (Lipinski definition) is 4. The monoisotopic (exact) mass is 365 g/mol. The van der Waals surface area contributed by atoms with Crippen molar-refractivity contribution in [2.75, 3.05) is 19.6 Å². The molecule has 1 aromatic heterocycles. The molecule has 23 heavy (non-hydrogen) atoms. The van der Waals surface area contributed by atoms with Gasteiger partial charge in [0.2, 0.25) is 0 Å². The number of rotatable bonds is 7. The van der Waals surface area contributed by atoms with Crippen molar-refractivity contribution >= 4 is 23.7 Å². The van der Waals surface area contributed by atoms with Crippen LogP contribution in [0.5, 0.6) is 0 Å². The van der Waals surface area contributed by atoms with Crippen LogP contribution in [0.2, 0.25) is 0 Å². The van der Waals surface area contributed by atoms with Crippen LogP contribution in [0.15, 0.2) is 36.5 Å². The van der Waals surface area contributed by atoms with E-state index in [9.17, 15) is 13.2 Å². The number of nitrogens with zero attached hydrogens (tertiary/aromatic N) is 2. The Morgan fingerprint density at radius 3 is 2.39 bits per heavy atom. The van der Waals surface area contributed by atoms with E-state index in [4.69, 9.17) is 5.73 Å². The highest BCUT2D eigenvalue weighted by atomic mass is 35.5. The largest absolute Gasteiger partial charge is 0.443 e. The first-order valence-electron chi connectivity index (χ1n) is 6.97. The van der Waals surface area contributed by atoms with E-state index in [2.05, 4.69) is 9.88 Å². The molecule has 0 radical (unpaired) electrons. The zero-order valence-electron chi connectivity index (χ0n) is 12.4. The molecule has 0 aliphatic rings. The SMILES string of the molecule is Cl.NCCN(CCc1ccccc1)Cc1cnc(C(F)(F)F)s1. The predicted octanol–water partition coefficient (Wildman–Crippen LogP) is 3.59. The van der Waals surface area contributed by atoms with Crippen LogP contribution in [0.4, 0.5) is 13.2 Å². The molecule has 0 saturated carbocycles. The van der Waals surface area contributed by atoms with Gasteiger partial charge in [0.1, 0.15) is 0 Å². The molecule has 128 valence electrons. The minimum absolute atomic E-state index is 0. The van der Waals surface area contributed by atoms with Crippen molar-refractivity contribution in [1.82, 2.24) is 9.88 Å². The van der Waals surface area contributed by atoms with Gasteiger partial charge in [0.05, 0.1) is 0 Å². The summed E-state index contributed by atoms with van der Waals surface area (Å²) < 4.78 is 37.7. The highest BCUT2D eigenvalue weighted by molar-refractivity contribution is 7.11. The van der Waals surface area contributed by atoms with Crippen LogP contribution >= 0.6 is 23.7 Å². The van der Waals surface area contributed by atoms with E-state index >= 15 is 0 Å². The van der Waals surface area contributed by atoms with Crippen LogP contribution < -0.4 is 5.73 Å². The topological polar surface area (TPSA) is 42.1 Å². The van der Waals surface area contributed by atoms with E-state index < -0.39 is 11.2 Å². The Morgan fingerprint density at radius 2 is 1.83 bits per heavy atom. The van der Waals surface area contributed by atoms with E-state index in [0.29, 0.717) is 35.8 Å². The van der Waals surface area contributed by atoms with Gasteiger partial charge >= 0.3 is 6.18 Å². The summed E-state index contributed by atoms with van der Waals surface area (Å²) in [5.41, 5.74) is 6.79. The summed E-state index contributed by atoms with van der Waals surface area (Å²) in [6.07, 6.45) is -2.23. The van der Waals surface area contributed by atoms with Crippen molar-refractivity contribution in [1.29, 1.82) is 0 Å². The summed E-state index contributed by atoms with van der Waals surface area (Å²) in [6, 6.07) is 9.98. The van der Waals surface area contributed by atoms with Crippen molar-refractivity contribution in [3.8, 4) is 0 Å². The molecule has 2 aromatic rings. The van der Waals surface area contributed by atoms with Crippen LogP contribution in [-0.4, -0.2) is 29.5 Å². The van der Waals surface area contributed by atoms with Crippen LogP contribution in [-0.2, 0) is 19.1 Å². The Kier molecular flexibility index (Phi) is 7.98. The van der Waals surface area contributed by atoms with E-state index in [1.807, 2.05) is 30.3 Å². The first-order valence-corrected chi connectivity index (χ1v) is 7.79. The molecule has 0 unspecified atom stereocenters. The summed E-state index contributed by atoms with van der Waals surface area (Å²) in [7, 11) is 0. The lowest BCUT2D eigenvalue weighted by molar-refractivity contribution is -0.137. The van der Waals surface area contributed by atoms with Crippen molar-refractivity contribution < 1.29 is 13.2 Å². The number of nitrogens with two attached hydrogens (primary N) is 1.